The maximum absolute atomic E-state index is 11.6. The maximum Gasteiger partial charge on any atom is 0.320 e. The summed E-state index contributed by atoms with van der Waals surface area (Å²) in [5.41, 5.74) is 2.35. The molecule has 0 aromatic carbocycles. The standard InChI is InChI=1S/C16H22N2O2/c1-11-6-7-17-9-13(11)10-18-14-5-3-2-4-12(14)8-15(18)16(19)20/h6-7,9,12,14-15H,2-5,8,10H2,1H3,(H,19,20). The van der Waals surface area contributed by atoms with Crippen molar-refractivity contribution >= 4 is 5.97 Å². The highest BCUT2D eigenvalue weighted by Crippen LogP contribution is 2.40. The molecule has 1 aromatic heterocycles. The normalized spacial score (nSPS) is 30.1. The number of likely N-dealkylation sites (tertiary alicyclic amines) is 1. The van der Waals surface area contributed by atoms with Crippen molar-refractivity contribution in [2.75, 3.05) is 0 Å². The first-order valence-corrected chi connectivity index (χ1v) is 7.55. The van der Waals surface area contributed by atoms with E-state index in [0.717, 1.165) is 24.9 Å². The molecule has 2 aliphatic rings. The van der Waals surface area contributed by atoms with E-state index in [2.05, 4.69) is 16.8 Å². The van der Waals surface area contributed by atoms with Crippen LogP contribution in [-0.2, 0) is 11.3 Å². The first-order valence-electron chi connectivity index (χ1n) is 7.55. The van der Waals surface area contributed by atoms with Gasteiger partial charge in [0.2, 0.25) is 0 Å². The number of rotatable bonds is 3. The third-order valence-electron chi connectivity index (χ3n) is 5.01. The van der Waals surface area contributed by atoms with Crippen LogP contribution in [0.4, 0.5) is 0 Å². The van der Waals surface area contributed by atoms with Crippen molar-refractivity contribution < 1.29 is 9.90 Å². The number of aliphatic carboxylic acids is 1. The smallest absolute Gasteiger partial charge is 0.320 e. The van der Waals surface area contributed by atoms with Crippen molar-refractivity contribution in [3.8, 4) is 0 Å². The van der Waals surface area contributed by atoms with Crippen LogP contribution in [0.2, 0.25) is 0 Å². The number of hydrogen-bond donors (Lipinski definition) is 1. The number of pyridine rings is 1. The second-order valence-electron chi connectivity index (χ2n) is 6.18. The number of carbonyl (C=O) groups is 1. The fourth-order valence-electron chi connectivity index (χ4n) is 3.88. The molecule has 3 rings (SSSR count). The molecule has 20 heavy (non-hydrogen) atoms. The van der Waals surface area contributed by atoms with Gasteiger partial charge in [0.15, 0.2) is 0 Å². The van der Waals surface area contributed by atoms with Gasteiger partial charge in [0.1, 0.15) is 6.04 Å². The summed E-state index contributed by atoms with van der Waals surface area (Å²) in [5.74, 6) is -0.0947. The third kappa shape index (κ3) is 2.44. The lowest BCUT2D eigenvalue weighted by atomic mass is 9.84. The van der Waals surface area contributed by atoms with Crippen LogP contribution in [0, 0.1) is 12.8 Å². The quantitative estimate of drug-likeness (QED) is 0.920. The molecule has 4 heteroatoms. The van der Waals surface area contributed by atoms with E-state index in [0.29, 0.717) is 12.0 Å². The first kappa shape index (κ1) is 13.6. The Labute approximate surface area is 119 Å². The highest BCUT2D eigenvalue weighted by molar-refractivity contribution is 5.74. The first-order chi connectivity index (χ1) is 9.66. The summed E-state index contributed by atoms with van der Waals surface area (Å²) in [7, 11) is 0. The molecule has 0 spiro atoms. The zero-order valence-corrected chi connectivity index (χ0v) is 12.0. The second-order valence-corrected chi connectivity index (χ2v) is 6.18. The van der Waals surface area contributed by atoms with Crippen molar-refractivity contribution in [3.63, 3.8) is 0 Å². The number of aryl methyl sites for hydroxylation is 1. The maximum atomic E-state index is 11.6. The number of aromatic nitrogens is 1. The summed E-state index contributed by atoms with van der Waals surface area (Å²) in [6.45, 7) is 2.79. The van der Waals surface area contributed by atoms with E-state index in [1.807, 2.05) is 12.3 Å². The molecule has 0 bridgehead atoms. The number of carboxylic acids is 1. The summed E-state index contributed by atoms with van der Waals surface area (Å²) in [5, 5.41) is 9.52. The van der Waals surface area contributed by atoms with Gasteiger partial charge in [-0.05, 0) is 49.3 Å². The van der Waals surface area contributed by atoms with Crippen molar-refractivity contribution in [1.29, 1.82) is 0 Å². The predicted octanol–water partition coefficient (Wildman–Crippen LogP) is 2.61. The van der Waals surface area contributed by atoms with Crippen LogP contribution in [0.15, 0.2) is 18.5 Å². The molecule has 2 heterocycles. The Morgan fingerprint density at radius 1 is 1.45 bits per heavy atom. The van der Waals surface area contributed by atoms with Gasteiger partial charge in [0.25, 0.3) is 0 Å². The molecular weight excluding hydrogens is 252 g/mol. The Morgan fingerprint density at radius 2 is 2.25 bits per heavy atom. The van der Waals surface area contributed by atoms with E-state index in [9.17, 15) is 9.90 Å². The van der Waals surface area contributed by atoms with E-state index in [-0.39, 0.29) is 6.04 Å². The Bertz CT molecular complexity index is 503. The van der Waals surface area contributed by atoms with Gasteiger partial charge in [-0.15, -0.1) is 0 Å². The average Bonchev–Trinajstić information content (AvgIpc) is 2.81. The molecule has 1 aliphatic heterocycles. The number of hydrogen-bond acceptors (Lipinski definition) is 3. The molecule has 108 valence electrons. The molecule has 2 fully saturated rings. The van der Waals surface area contributed by atoms with E-state index >= 15 is 0 Å². The lowest BCUT2D eigenvalue weighted by Crippen LogP contribution is -2.41. The van der Waals surface area contributed by atoms with Crippen LogP contribution in [0.1, 0.15) is 43.2 Å². The minimum atomic E-state index is -0.666. The highest BCUT2D eigenvalue weighted by atomic mass is 16.4. The number of carboxylic acid groups (broad SMARTS) is 1. The molecule has 1 saturated carbocycles. The van der Waals surface area contributed by atoms with E-state index < -0.39 is 5.97 Å². The van der Waals surface area contributed by atoms with E-state index in [4.69, 9.17) is 0 Å². The molecule has 3 atom stereocenters. The lowest BCUT2D eigenvalue weighted by molar-refractivity contribution is -0.142. The van der Waals surface area contributed by atoms with E-state index in [1.54, 1.807) is 6.20 Å². The van der Waals surface area contributed by atoms with Crippen molar-refractivity contribution in [3.05, 3.63) is 29.6 Å². The molecule has 1 N–H and O–H groups in total. The molecular formula is C16H22N2O2. The molecule has 4 nitrogen and oxygen atoms in total. The van der Waals surface area contributed by atoms with Crippen molar-refractivity contribution in [1.82, 2.24) is 9.88 Å². The summed E-state index contributed by atoms with van der Waals surface area (Å²) in [4.78, 5) is 18.0. The van der Waals surface area contributed by atoms with Gasteiger partial charge >= 0.3 is 5.97 Å². The molecule has 1 aromatic rings. The molecule has 0 radical (unpaired) electrons. The lowest BCUT2D eigenvalue weighted by Gasteiger charge is -2.33. The van der Waals surface area contributed by atoms with Gasteiger partial charge in [-0.1, -0.05) is 12.8 Å². The fourth-order valence-corrected chi connectivity index (χ4v) is 3.88. The minimum Gasteiger partial charge on any atom is -0.480 e. The van der Waals surface area contributed by atoms with Crippen LogP contribution < -0.4 is 0 Å². The van der Waals surface area contributed by atoms with Gasteiger partial charge in [0, 0.05) is 25.0 Å². The SMILES string of the molecule is Cc1ccncc1CN1C(C(=O)O)CC2CCCCC21. The van der Waals surface area contributed by atoms with E-state index in [1.165, 1.54) is 24.8 Å². The van der Waals surface area contributed by atoms with Gasteiger partial charge in [-0.2, -0.15) is 0 Å². The molecule has 3 unspecified atom stereocenters. The zero-order valence-electron chi connectivity index (χ0n) is 12.0. The zero-order chi connectivity index (χ0) is 14.1. The Balaban J connectivity index is 1.84. The monoisotopic (exact) mass is 274 g/mol. The fraction of sp³-hybridized carbons (Fsp3) is 0.625. The Kier molecular flexibility index (Phi) is 3.74. The Morgan fingerprint density at radius 3 is 3.00 bits per heavy atom. The van der Waals surface area contributed by atoms with Crippen LogP contribution in [-0.4, -0.2) is 33.0 Å². The van der Waals surface area contributed by atoms with Crippen LogP contribution in [0.25, 0.3) is 0 Å². The number of fused-ring (bicyclic) bond motifs is 1. The Hall–Kier alpha value is -1.42. The van der Waals surface area contributed by atoms with Crippen LogP contribution >= 0.6 is 0 Å². The van der Waals surface area contributed by atoms with Gasteiger partial charge in [-0.25, -0.2) is 0 Å². The molecule has 1 aliphatic carbocycles. The summed E-state index contributed by atoms with van der Waals surface area (Å²) in [6.07, 6.45) is 9.32. The summed E-state index contributed by atoms with van der Waals surface area (Å²) >= 11 is 0. The van der Waals surface area contributed by atoms with Gasteiger partial charge < -0.3 is 5.11 Å². The minimum absolute atomic E-state index is 0.317. The molecule has 1 saturated heterocycles. The third-order valence-corrected chi connectivity index (χ3v) is 5.01. The highest BCUT2D eigenvalue weighted by Gasteiger charge is 2.45. The second kappa shape index (κ2) is 5.52. The van der Waals surface area contributed by atoms with Crippen LogP contribution in [0.5, 0.6) is 0 Å². The van der Waals surface area contributed by atoms with Crippen molar-refractivity contribution in [2.24, 2.45) is 5.92 Å². The van der Waals surface area contributed by atoms with Gasteiger partial charge in [0.05, 0.1) is 0 Å². The average molecular weight is 274 g/mol. The predicted molar refractivity (Wildman–Crippen MR) is 76.3 cm³/mol. The summed E-state index contributed by atoms with van der Waals surface area (Å²) in [6, 6.07) is 2.13. The van der Waals surface area contributed by atoms with Crippen LogP contribution in [0.3, 0.4) is 0 Å². The van der Waals surface area contributed by atoms with Gasteiger partial charge in [-0.3, -0.25) is 14.7 Å². The van der Waals surface area contributed by atoms with Crippen molar-refractivity contribution in [2.45, 2.75) is 57.7 Å². The number of nitrogens with zero attached hydrogens (tertiary/aromatic N) is 2. The topological polar surface area (TPSA) is 53.4 Å². The molecule has 0 amide bonds. The largest absolute Gasteiger partial charge is 0.480 e. The summed E-state index contributed by atoms with van der Waals surface area (Å²) < 4.78 is 0.